The Morgan fingerprint density at radius 1 is 1.24 bits per heavy atom. The second-order valence-corrected chi connectivity index (χ2v) is 6.38. The van der Waals surface area contributed by atoms with E-state index in [9.17, 15) is 8.42 Å². The van der Waals surface area contributed by atoms with Crippen LogP contribution in [0, 0.1) is 0 Å². The van der Waals surface area contributed by atoms with Crippen LogP contribution in [0.5, 0.6) is 0 Å². The number of sulfone groups is 1. The minimum Gasteiger partial charge on any atom is -0.313 e. The molecule has 0 aliphatic carbocycles. The summed E-state index contributed by atoms with van der Waals surface area (Å²) in [6.07, 6.45) is 2.19. The van der Waals surface area contributed by atoms with Gasteiger partial charge in [-0.05, 0) is 25.5 Å². The van der Waals surface area contributed by atoms with Crippen molar-refractivity contribution in [3.05, 3.63) is 30.3 Å². The summed E-state index contributed by atoms with van der Waals surface area (Å²) in [6, 6.07) is 8.99. The van der Waals surface area contributed by atoms with Crippen LogP contribution in [0.25, 0.3) is 0 Å². The largest absolute Gasteiger partial charge is 0.313 e. The van der Waals surface area contributed by atoms with E-state index in [2.05, 4.69) is 19.2 Å². The summed E-state index contributed by atoms with van der Waals surface area (Å²) in [5.74, 6) is 0.158. The summed E-state index contributed by atoms with van der Waals surface area (Å²) in [5, 5.41) is 3.23. The van der Waals surface area contributed by atoms with Crippen LogP contribution in [0.1, 0.15) is 26.7 Å². The third-order valence-electron chi connectivity index (χ3n) is 2.69. The summed E-state index contributed by atoms with van der Waals surface area (Å²) in [7, 11) is -3.13. The van der Waals surface area contributed by atoms with Gasteiger partial charge in [0.15, 0.2) is 9.84 Å². The molecular formula is C13H21NO2S. The molecule has 0 aliphatic heterocycles. The maximum atomic E-state index is 11.9. The summed E-state index contributed by atoms with van der Waals surface area (Å²) >= 11 is 0. The third-order valence-corrected chi connectivity index (χ3v) is 4.42. The third kappa shape index (κ3) is 4.88. The Kier molecular flexibility index (Phi) is 5.65. The fourth-order valence-corrected chi connectivity index (χ4v) is 2.91. The molecule has 1 N–H and O–H groups in total. The maximum Gasteiger partial charge on any atom is 0.179 e. The molecule has 0 aliphatic rings. The van der Waals surface area contributed by atoms with Crippen molar-refractivity contribution in [1.82, 2.24) is 5.32 Å². The predicted octanol–water partition coefficient (Wildman–Crippen LogP) is 2.24. The van der Waals surface area contributed by atoms with Crippen molar-refractivity contribution in [3.63, 3.8) is 0 Å². The second kappa shape index (κ2) is 6.77. The molecule has 1 unspecified atom stereocenters. The number of hydrogen-bond acceptors (Lipinski definition) is 3. The highest BCUT2D eigenvalue weighted by atomic mass is 32.2. The molecule has 0 aromatic heterocycles. The van der Waals surface area contributed by atoms with E-state index in [1.807, 2.05) is 6.07 Å². The van der Waals surface area contributed by atoms with Gasteiger partial charge in [-0.25, -0.2) is 8.42 Å². The molecule has 96 valence electrons. The zero-order chi connectivity index (χ0) is 12.7. The van der Waals surface area contributed by atoms with E-state index in [0.29, 0.717) is 17.5 Å². The van der Waals surface area contributed by atoms with E-state index < -0.39 is 9.84 Å². The first-order chi connectivity index (χ1) is 8.06. The molecule has 1 aromatic rings. The van der Waals surface area contributed by atoms with E-state index in [-0.39, 0.29) is 5.75 Å². The molecule has 0 amide bonds. The van der Waals surface area contributed by atoms with Crippen LogP contribution in [-0.2, 0) is 9.84 Å². The zero-order valence-corrected chi connectivity index (χ0v) is 11.3. The molecule has 1 atom stereocenters. The average Bonchev–Trinajstić information content (AvgIpc) is 2.30. The standard InChI is InChI=1S/C13H21NO2S/c1-3-7-12(2)14-10-11-17(15,16)13-8-5-4-6-9-13/h4-6,8-9,12,14H,3,7,10-11H2,1-2H3. The van der Waals surface area contributed by atoms with Gasteiger partial charge in [-0.15, -0.1) is 0 Å². The van der Waals surface area contributed by atoms with Gasteiger partial charge in [-0.1, -0.05) is 31.5 Å². The van der Waals surface area contributed by atoms with E-state index in [1.165, 1.54) is 0 Å². The molecule has 0 heterocycles. The van der Waals surface area contributed by atoms with Crippen LogP contribution < -0.4 is 5.32 Å². The lowest BCUT2D eigenvalue weighted by molar-refractivity contribution is 0.520. The van der Waals surface area contributed by atoms with Crippen LogP contribution in [0.15, 0.2) is 35.2 Å². The Morgan fingerprint density at radius 2 is 1.88 bits per heavy atom. The SMILES string of the molecule is CCCC(C)NCCS(=O)(=O)c1ccccc1. The zero-order valence-electron chi connectivity index (χ0n) is 10.5. The van der Waals surface area contributed by atoms with Gasteiger partial charge in [0.05, 0.1) is 10.6 Å². The minimum atomic E-state index is -3.13. The highest BCUT2D eigenvalue weighted by Crippen LogP contribution is 2.09. The maximum absolute atomic E-state index is 11.9. The van der Waals surface area contributed by atoms with Gasteiger partial charge in [-0.2, -0.15) is 0 Å². The average molecular weight is 255 g/mol. The first-order valence-electron chi connectivity index (χ1n) is 6.07. The summed E-state index contributed by atoms with van der Waals surface area (Å²) in [6.45, 7) is 4.72. The van der Waals surface area contributed by atoms with Crippen LogP contribution in [0.3, 0.4) is 0 Å². The van der Waals surface area contributed by atoms with Crippen molar-refractivity contribution in [2.75, 3.05) is 12.3 Å². The quantitative estimate of drug-likeness (QED) is 0.812. The van der Waals surface area contributed by atoms with Gasteiger partial charge in [0, 0.05) is 12.6 Å². The molecule has 1 rings (SSSR count). The van der Waals surface area contributed by atoms with Gasteiger partial charge in [0.1, 0.15) is 0 Å². The normalized spacial score (nSPS) is 13.5. The summed E-state index contributed by atoms with van der Waals surface area (Å²) in [4.78, 5) is 0.407. The van der Waals surface area contributed by atoms with E-state index >= 15 is 0 Å². The molecular weight excluding hydrogens is 234 g/mol. The van der Waals surface area contributed by atoms with Crippen molar-refractivity contribution < 1.29 is 8.42 Å². The van der Waals surface area contributed by atoms with Crippen LogP contribution in [0.4, 0.5) is 0 Å². The number of hydrogen-bond donors (Lipinski definition) is 1. The molecule has 0 saturated heterocycles. The predicted molar refractivity (Wildman–Crippen MR) is 70.9 cm³/mol. The Bertz CT molecular complexity index is 414. The Labute approximate surface area is 104 Å². The summed E-state index contributed by atoms with van der Waals surface area (Å²) < 4.78 is 23.9. The Morgan fingerprint density at radius 3 is 2.47 bits per heavy atom. The molecule has 4 heteroatoms. The van der Waals surface area contributed by atoms with Crippen molar-refractivity contribution in [2.24, 2.45) is 0 Å². The first kappa shape index (κ1) is 14.2. The van der Waals surface area contributed by atoms with Gasteiger partial charge < -0.3 is 5.32 Å². The van der Waals surface area contributed by atoms with Crippen molar-refractivity contribution >= 4 is 9.84 Å². The highest BCUT2D eigenvalue weighted by Gasteiger charge is 2.13. The van der Waals surface area contributed by atoms with Crippen LogP contribution in [-0.4, -0.2) is 26.8 Å². The van der Waals surface area contributed by atoms with Gasteiger partial charge in [-0.3, -0.25) is 0 Å². The van der Waals surface area contributed by atoms with E-state index in [0.717, 1.165) is 12.8 Å². The van der Waals surface area contributed by atoms with Crippen LogP contribution >= 0.6 is 0 Å². The lowest BCUT2D eigenvalue weighted by atomic mass is 10.2. The van der Waals surface area contributed by atoms with Gasteiger partial charge >= 0.3 is 0 Å². The number of nitrogens with one attached hydrogen (secondary N) is 1. The fraction of sp³-hybridized carbons (Fsp3) is 0.538. The van der Waals surface area contributed by atoms with E-state index in [1.54, 1.807) is 24.3 Å². The van der Waals surface area contributed by atoms with Gasteiger partial charge in [0.25, 0.3) is 0 Å². The van der Waals surface area contributed by atoms with Gasteiger partial charge in [0.2, 0.25) is 0 Å². The second-order valence-electron chi connectivity index (χ2n) is 4.28. The molecule has 0 radical (unpaired) electrons. The van der Waals surface area contributed by atoms with Crippen LogP contribution in [0.2, 0.25) is 0 Å². The lowest BCUT2D eigenvalue weighted by Gasteiger charge is -2.12. The van der Waals surface area contributed by atoms with Crippen molar-refractivity contribution in [2.45, 2.75) is 37.6 Å². The molecule has 3 nitrogen and oxygen atoms in total. The molecule has 0 fully saturated rings. The summed E-state index contributed by atoms with van der Waals surface area (Å²) in [5.41, 5.74) is 0. The molecule has 0 spiro atoms. The first-order valence-corrected chi connectivity index (χ1v) is 7.72. The van der Waals surface area contributed by atoms with Crippen molar-refractivity contribution in [1.29, 1.82) is 0 Å². The number of rotatable bonds is 7. The molecule has 17 heavy (non-hydrogen) atoms. The monoisotopic (exact) mass is 255 g/mol. The molecule has 0 bridgehead atoms. The Balaban J connectivity index is 2.46. The van der Waals surface area contributed by atoms with Crippen molar-refractivity contribution in [3.8, 4) is 0 Å². The Hall–Kier alpha value is -0.870. The minimum absolute atomic E-state index is 0.158. The molecule has 0 saturated carbocycles. The molecule has 1 aromatic carbocycles. The van der Waals surface area contributed by atoms with E-state index in [4.69, 9.17) is 0 Å². The smallest absolute Gasteiger partial charge is 0.179 e. The highest BCUT2D eigenvalue weighted by molar-refractivity contribution is 7.91. The fourth-order valence-electron chi connectivity index (χ4n) is 1.72. The lowest BCUT2D eigenvalue weighted by Crippen LogP contribution is -2.30. The number of benzene rings is 1. The topological polar surface area (TPSA) is 46.2 Å².